The van der Waals surface area contributed by atoms with Crippen molar-refractivity contribution in [1.82, 2.24) is 20.3 Å². The van der Waals surface area contributed by atoms with E-state index in [1.807, 2.05) is 0 Å². The van der Waals surface area contributed by atoms with E-state index >= 15 is 0 Å². The number of carbonyl (C=O) groups excluding carboxylic acids is 1. The zero-order valence-corrected chi connectivity index (χ0v) is 8.80. The maximum absolute atomic E-state index is 11.4. The van der Waals surface area contributed by atoms with E-state index < -0.39 is 11.4 Å². The lowest BCUT2D eigenvalue weighted by Crippen LogP contribution is -2.46. The van der Waals surface area contributed by atoms with E-state index in [-0.39, 0.29) is 5.71 Å². The molecule has 0 saturated heterocycles. The third-order valence-corrected chi connectivity index (χ3v) is 2.04. The van der Waals surface area contributed by atoms with E-state index in [0.29, 0.717) is 0 Å². The molecular weight excluding hydrogens is 198 g/mol. The molecule has 7 heteroatoms. The van der Waals surface area contributed by atoms with Crippen LogP contribution < -0.4 is 5.32 Å². The monoisotopic (exact) mass is 211 g/mol. The van der Waals surface area contributed by atoms with Gasteiger partial charge in [0, 0.05) is 7.05 Å². The van der Waals surface area contributed by atoms with E-state index in [1.54, 1.807) is 13.8 Å². The van der Waals surface area contributed by atoms with Gasteiger partial charge in [0.1, 0.15) is 5.54 Å². The molecule has 82 valence electrons. The molecule has 0 aliphatic heterocycles. The summed E-state index contributed by atoms with van der Waals surface area (Å²) in [4.78, 5) is 12.7. The molecule has 0 spiro atoms. The van der Waals surface area contributed by atoms with E-state index in [4.69, 9.17) is 5.21 Å². The third kappa shape index (κ3) is 1.95. The first kappa shape index (κ1) is 11.2. The molecule has 7 nitrogen and oxygen atoms in total. The highest BCUT2D eigenvalue weighted by Gasteiger charge is 2.34. The van der Waals surface area contributed by atoms with Crippen LogP contribution in [-0.4, -0.2) is 38.9 Å². The summed E-state index contributed by atoms with van der Waals surface area (Å²) in [5.74, 6) is -0.472. The second-order valence-corrected chi connectivity index (χ2v) is 3.41. The summed E-state index contributed by atoms with van der Waals surface area (Å²) in [7, 11) is 1.46. The summed E-state index contributed by atoms with van der Waals surface area (Å²) < 4.78 is 0. The Morgan fingerprint density at radius 1 is 1.47 bits per heavy atom. The van der Waals surface area contributed by atoms with Gasteiger partial charge in [-0.05, 0) is 13.8 Å². The van der Waals surface area contributed by atoms with E-state index in [1.165, 1.54) is 24.2 Å². The molecule has 0 aliphatic carbocycles. The first-order valence-corrected chi connectivity index (χ1v) is 4.35. The highest BCUT2D eigenvalue weighted by Crippen LogP contribution is 2.14. The molecule has 0 fully saturated rings. The van der Waals surface area contributed by atoms with Crippen LogP contribution in [-0.2, 0) is 10.3 Å². The van der Waals surface area contributed by atoms with Gasteiger partial charge < -0.3 is 10.5 Å². The first-order valence-electron chi connectivity index (χ1n) is 4.35. The molecular formula is C8H13N5O2. The van der Waals surface area contributed by atoms with Crippen molar-refractivity contribution in [3.63, 3.8) is 0 Å². The Bertz CT molecular complexity index is 368. The molecule has 15 heavy (non-hydrogen) atoms. The fraction of sp³-hybridized carbons (Fsp3) is 0.500. The van der Waals surface area contributed by atoms with Crippen LogP contribution in [0, 0.1) is 0 Å². The van der Waals surface area contributed by atoms with Crippen molar-refractivity contribution in [1.29, 1.82) is 0 Å². The fourth-order valence-electron chi connectivity index (χ4n) is 1.16. The number of carbonyl (C=O) groups is 1. The number of nitrogens with zero attached hydrogens (tertiary/aromatic N) is 4. The molecule has 0 saturated carbocycles. The molecule has 1 aromatic heterocycles. The summed E-state index contributed by atoms with van der Waals surface area (Å²) in [6.07, 6.45) is 2.97. The van der Waals surface area contributed by atoms with Crippen LogP contribution in [0.1, 0.15) is 13.8 Å². The van der Waals surface area contributed by atoms with Gasteiger partial charge in [-0.3, -0.25) is 4.79 Å². The Morgan fingerprint density at radius 2 is 2.00 bits per heavy atom. The summed E-state index contributed by atoms with van der Waals surface area (Å²) in [5, 5.41) is 22.0. The number of aromatic nitrogens is 3. The van der Waals surface area contributed by atoms with Gasteiger partial charge in [0.15, 0.2) is 5.71 Å². The van der Waals surface area contributed by atoms with Crippen molar-refractivity contribution in [3.05, 3.63) is 12.4 Å². The molecule has 0 radical (unpaired) electrons. The van der Waals surface area contributed by atoms with Crippen molar-refractivity contribution < 1.29 is 10.0 Å². The topological polar surface area (TPSA) is 92.4 Å². The van der Waals surface area contributed by atoms with Crippen LogP contribution in [0.3, 0.4) is 0 Å². The first-order chi connectivity index (χ1) is 7.04. The van der Waals surface area contributed by atoms with Crippen LogP contribution in [0.4, 0.5) is 0 Å². The molecule has 2 N–H and O–H groups in total. The summed E-state index contributed by atoms with van der Waals surface area (Å²) in [5.41, 5.74) is -0.959. The van der Waals surface area contributed by atoms with Crippen molar-refractivity contribution in [2.24, 2.45) is 5.16 Å². The standard InChI is InChI=1S/C8H13N5O2/c1-8(2,13-10-4-5-11-13)6(12-15)7(14)9-3/h4-5,15H,1-3H3,(H,9,14). The van der Waals surface area contributed by atoms with Gasteiger partial charge >= 0.3 is 0 Å². The number of nitrogens with one attached hydrogen (secondary N) is 1. The van der Waals surface area contributed by atoms with Gasteiger partial charge in [-0.2, -0.15) is 15.0 Å². The summed E-state index contributed by atoms with van der Waals surface area (Å²) in [6.45, 7) is 3.36. The van der Waals surface area contributed by atoms with Gasteiger partial charge in [-0.1, -0.05) is 5.16 Å². The molecule has 0 atom stereocenters. The van der Waals surface area contributed by atoms with Crippen LogP contribution >= 0.6 is 0 Å². The van der Waals surface area contributed by atoms with Crippen LogP contribution in [0.25, 0.3) is 0 Å². The number of hydrogen-bond acceptors (Lipinski definition) is 5. The predicted molar refractivity (Wildman–Crippen MR) is 52.6 cm³/mol. The molecule has 0 unspecified atom stereocenters. The zero-order chi connectivity index (χ0) is 11.5. The molecule has 0 aromatic carbocycles. The Hall–Kier alpha value is -1.92. The number of amides is 1. The Balaban J connectivity index is 3.09. The fourth-order valence-corrected chi connectivity index (χ4v) is 1.16. The van der Waals surface area contributed by atoms with Crippen LogP contribution in [0.15, 0.2) is 17.5 Å². The zero-order valence-electron chi connectivity index (χ0n) is 8.80. The van der Waals surface area contributed by atoms with E-state index in [9.17, 15) is 4.79 Å². The maximum atomic E-state index is 11.4. The van der Waals surface area contributed by atoms with Crippen LogP contribution in [0.2, 0.25) is 0 Å². The average molecular weight is 211 g/mol. The Morgan fingerprint density at radius 3 is 2.40 bits per heavy atom. The second kappa shape index (κ2) is 4.07. The molecule has 1 amide bonds. The molecule has 0 bridgehead atoms. The van der Waals surface area contributed by atoms with Crippen molar-refractivity contribution in [2.75, 3.05) is 7.05 Å². The minimum Gasteiger partial charge on any atom is -0.410 e. The summed E-state index contributed by atoms with van der Waals surface area (Å²) >= 11 is 0. The second-order valence-electron chi connectivity index (χ2n) is 3.41. The lowest BCUT2D eigenvalue weighted by molar-refractivity contribution is -0.115. The normalized spacial score (nSPS) is 12.6. The smallest absolute Gasteiger partial charge is 0.271 e. The minimum atomic E-state index is -0.904. The largest absolute Gasteiger partial charge is 0.410 e. The quantitative estimate of drug-likeness (QED) is 0.404. The number of hydrogen-bond donors (Lipinski definition) is 2. The van der Waals surface area contributed by atoms with Crippen molar-refractivity contribution in [2.45, 2.75) is 19.4 Å². The highest BCUT2D eigenvalue weighted by molar-refractivity contribution is 6.41. The Labute approximate surface area is 86.8 Å². The molecule has 1 aromatic rings. The van der Waals surface area contributed by atoms with Gasteiger partial charge in [-0.15, -0.1) is 0 Å². The summed E-state index contributed by atoms with van der Waals surface area (Å²) in [6, 6.07) is 0. The van der Waals surface area contributed by atoms with E-state index in [2.05, 4.69) is 20.7 Å². The van der Waals surface area contributed by atoms with E-state index in [0.717, 1.165) is 0 Å². The SMILES string of the molecule is CNC(=O)C(=NO)C(C)(C)n1nccn1. The number of rotatable bonds is 3. The van der Waals surface area contributed by atoms with Crippen molar-refractivity contribution >= 4 is 11.6 Å². The maximum Gasteiger partial charge on any atom is 0.271 e. The van der Waals surface area contributed by atoms with Gasteiger partial charge in [0.25, 0.3) is 5.91 Å². The van der Waals surface area contributed by atoms with Gasteiger partial charge in [-0.25, -0.2) is 0 Å². The van der Waals surface area contributed by atoms with Gasteiger partial charge in [0.05, 0.1) is 12.4 Å². The van der Waals surface area contributed by atoms with Gasteiger partial charge in [0.2, 0.25) is 0 Å². The van der Waals surface area contributed by atoms with Crippen molar-refractivity contribution in [3.8, 4) is 0 Å². The van der Waals surface area contributed by atoms with Crippen LogP contribution in [0.5, 0.6) is 0 Å². The molecule has 0 aliphatic rings. The average Bonchev–Trinajstić information content (AvgIpc) is 2.71. The number of oxime groups is 1. The molecule has 1 rings (SSSR count). The lowest BCUT2D eigenvalue weighted by Gasteiger charge is -2.23. The highest BCUT2D eigenvalue weighted by atomic mass is 16.4. The minimum absolute atomic E-state index is 0.0544. The third-order valence-electron chi connectivity index (χ3n) is 2.04. The lowest BCUT2D eigenvalue weighted by atomic mass is 9.98. The Kier molecular flexibility index (Phi) is 3.03. The predicted octanol–water partition coefficient (Wildman–Crippen LogP) is -0.411. The molecule has 1 heterocycles.